The summed E-state index contributed by atoms with van der Waals surface area (Å²) in [5.74, 6) is -1.88. The van der Waals surface area contributed by atoms with Gasteiger partial charge < -0.3 is 0 Å². The molecule has 0 aliphatic carbocycles. The summed E-state index contributed by atoms with van der Waals surface area (Å²) < 4.78 is 53.5. The largest absolute Gasteiger partial charge is 0.267 e. The number of anilines is 1. The molecule has 21 heavy (non-hydrogen) atoms. The van der Waals surface area contributed by atoms with Gasteiger partial charge in [0.1, 0.15) is 16.5 Å². The Labute approximate surface area is 121 Å². The van der Waals surface area contributed by atoms with Crippen LogP contribution in [0.5, 0.6) is 0 Å². The number of sulfonamides is 1. The van der Waals surface area contributed by atoms with E-state index < -0.39 is 26.6 Å². The fourth-order valence-corrected chi connectivity index (χ4v) is 4.44. The second-order valence-electron chi connectivity index (χ2n) is 5.06. The Morgan fingerprint density at radius 2 is 1.86 bits per heavy atom. The monoisotopic (exact) mass is 309 g/mol. The first-order valence-corrected chi connectivity index (χ1v) is 7.92. The summed E-state index contributed by atoms with van der Waals surface area (Å²) in [6.45, 7) is 1.76. The second kappa shape index (κ2) is 4.80. The second-order valence-corrected chi connectivity index (χ2v) is 6.84. The Morgan fingerprint density at radius 3 is 2.57 bits per heavy atom. The van der Waals surface area contributed by atoms with Crippen molar-refractivity contribution in [2.24, 2.45) is 0 Å². The average Bonchev–Trinajstić information content (AvgIpc) is 2.74. The van der Waals surface area contributed by atoms with Crippen LogP contribution in [0.1, 0.15) is 12.5 Å². The Morgan fingerprint density at radius 1 is 1.14 bits per heavy atom. The van der Waals surface area contributed by atoms with Gasteiger partial charge >= 0.3 is 0 Å². The van der Waals surface area contributed by atoms with Crippen molar-refractivity contribution in [1.82, 2.24) is 0 Å². The molecule has 6 heteroatoms. The molecule has 1 atom stereocenters. The van der Waals surface area contributed by atoms with Crippen molar-refractivity contribution >= 4 is 15.7 Å². The van der Waals surface area contributed by atoms with E-state index in [1.807, 2.05) is 12.1 Å². The van der Waals surface area contributed by atoms with Crippen molar-refractivity contribution in [3.8, 4) is 0 Å². The van der Waals surface area contributed by atoms with Crippen molar-refractivity contribution < 1.29 is 17.2 Å². The van der Waals surface area contributed by atoms with Gasteiger partial charge in [-0.1, -0.05) is 18.2 Å². The molecule has 1 heterocycles. The van der Waals surface area contributed by atoms with E-state index in [4.69, 9.17) is 0 Å². The number of halogens is 2. The number of fused-ring (bicyclic) bond motifs is 1. The van der Waals surface area contributed by atoms with E-state index >= 15 is 0 Å². The van der Waals surface area contributed by atoms with Gasteiger partial charge in [0.25, 0.3) is 10.0 Å². The van der Waals surface area contributed by atoms with Crippen molar-refractivity contribution in [3.63, 3.8) is 0 Å². The summed E-state index contributed by atoms with van der Waals surface area (Å²) >= 11 is 0. The van der Waals surface area contributed by atoms with Crippen molar-refractivity contribution in [3.05, 3.63) is 59.7 Å². The molecular formula is C15H13F2NO2S. The standard InChI is InChI=1S/C15H13F2NO2S/c1-10-8-11-4-2-3-5-14(11)18(10)21(19,20)15-7-6-12(16)9-13(15)17/h2-7,9-10H,8H2,1H3. The van der Waals surface area contributed by atoms with Gasteiger partial charge in [-0.25, -0.2) is 17.2 Å². The van der Waals surface area contributed by atoms with Gasteiger partial charge in [-0.15, -0.1) is 0 Å². The third-order valence-corrected chi connectivity index (χ3v) is 5.54. The van der Waals surface area contributed by atoms with Gasteiger partial charge in [0.05, 0.1) is 5.69 Å². The van der Waals surface area contributed by atoms with Gasteiger partial charge in [0.2, 0.25) is 0 Å². The average molecular weight is 309 g/mol. The third kappa shape index (κ3) is 2.19. The van der Waals surface area contributed by atoms with Crippen LogP contribution in [0.3, 0.4) is 0 Å². The third-order valence-electron chi connectivity index (χ3n) is 3.58. The molecule has 0 amide bonds. The van der Waals surface area contributed by atoms with Crippen LogP contribution < -0.4 is 4.31 Å². The highest BCUT2D eigenvalue weighted by molar-refractivity contribution is 7.92. The van der Waals surface area contributed by atoms with Crippen LogP contribution in [0.2, 0.25) is 0 Å². The SMILES string of the molecule is CC1Cc2ccccc2N1S(=O)(=O)c1ccc(F)cc1F. The molecule has 0 aromatic heterocycles. The molecule has 3 nitrogen and oxygen atoms in total. The van der Waals surface area contributed by atoms with Crippen molar-refractivity contribution in [2.75, 3.05) is 4.31 Å². The summed E-state index contributed by atoms with van der Waals surface area (Å²) in [5, 5.41) is 0. The maximum absolute atomic E-state index is 13.9. The highest BCUT2D eigenvalue weighted by Gasteiger charge is 2.37. The molecule has 110 valence electrons. The minimum absolute atomic E-state index is 0.308. The molecule has 2 aromatic rings. The molecule has 0 fully saturated rings. The zero-order chi connectivity index (χ0) is 15.2. The molecule has 3 rings (SSSR count). The first kappa shape index (κ1) is 14.0. The van der Waals surface area contributed by atoms with Gasteiger partial charge in [0, 0.05) is 12.1 Å². The van der Waals surface area contributed by atoms with Crippen LogP contribution >= 0.6 is 0 Å². The quantitative estimate of drug-likeness (QED) is 0.855. The zero-order valence-corrected chi connectivity index (χ0v) is 12.1. The first-order valence-electron chi connectivity index (χ1n) is 6.48. The number of rotatable bonds is 2. The molecule has 0 bridgehead atoms. The van der Waals surface area contributed by atoms with Crippen molar-refractivity contribution in [2.45, 2.75) is 24.3 Å². The van der Waals surface area contributed by atoms with Crippen LogP contribution in [0, 0.1) is 11.6 Å². The normalized spacial score (nSPS) is 17.9. The van der Waals surface area contributed by atoms with Gasteiger partial charge in [-0.3, -0.25) is 4.31 Å². The number of hydrogen-bond acceptors (Lipinski definition) is 2. The lowest BCUT2D eigenvalue weighted by Gasteiger charge is -2.24. The summed E-state index contributed by atoms with van der Waals surface area (Å²) in [5.41, 5.74) is 1.45. The van der Waals surface area contributed by atoms with Gasteiger partial charge in [-0.2, -0.15) is 0 Å². The maximum Gasteiger partial charge on any atom is 0.267 e. The van der Waals surface area contributed by atoms with Crippen LogP contribution in [0.15, 0.2) is 47.4 Å². The van der Waals surface area contributed by atoms with Crippen LogP contribution in [-0.4, -0.2) is 14.5 Å². The Kier molecular flexibility index (Phi) is 3.20. The van der Waals surface area contributed by atoms with E-state index in [2.05, 4.69) is 0 Å². The number of nitrogens with zero attached hydrogens (tertiary/aromatic N) is 1. The summed E-state index contributed by atoms with van der Waals surface area (Å²) in [6, 6.07) is 9.30. The fraction of sp³-hybridized carbons (Fsp3) is 0.200. The number of para-hydroxylation sites is 1. The highest BCUT2D eigenvalue weighted by atomic mass is 32.2. The number of hydrogen-bond donors (Lipinski definition) is 0. The molecule has 0 N–H and O–H groups in total. The lowest BCUT2D eigenvalue weighted by atomic mass is 10.1. The molecule has 0 saturated heterocycles. The van der Waals surface area contributed by atoms with E-state index in [0.29, 0.717) is 18.2 Å². The van der Waals surface area contributed by atoms with E-state index in [-0.39, 0.29) is 6.04 Å². The minimum Gasteiger partial charge on any atom is -0.263 e. The molecule has 1 aliphatic rings. The highest BCUT2D eigenvalue weighted by Crippen LogP contribution is 2.36. The van der Waals surface area contributed by atoms with Crippen LogP contribution in [0.25, 0.3) is 0 Å². The van der Waals surface area contributed by atoms with Crippen LogP contribution in [-0.2, 0) is 16.4 Å². The van der Waals surface area contributed by atoms with Crippen LogP contribution in [0.4, 0.5) is 14.5 Å². The summed E-state index contributed by atoms with van der Waals surface area (Å²) in [6.07, 6.45) is 0.568. The Balaban J connectivity index is 2.15. The Bertz CT molecular complexity index is 805. The smallest absolute Gasteiger partial charge is 0.263 e. The lowest BCUT2D eigenvalue weighted by molar-refractivity contribution is 0.545. The Hall–Kier alpha value is -1.95. The van der Waals surface area contributed by atoms with E-state index in [1.165, 1.54) is 4.31 Å². The molecule has 1 aliphatic heterocycles. The zero-order valence-electron chi connectivity index (χ0n) is 11.3. The van der Waals surface area contributed by atoms with E-state index in [1.54, 1.807) is 19.1 Å². The lowest BCUT2D eigenvalue weighted by Crippen LogP contribution is -2.36. The molecular weight excluding hydrogens is 296 g/mol. The topological polar surface area (TPSA) is 37.4 Å². The molecule has 1 unspecified atom stereocenters. The number of benzene rings is 2. The molecule has 0 saturated carbocycles. The maximum atomic E-state index is 13.9. The molecule has 2 aromatic carbocycles. The fourth-order valence-electron chi connectivity index (χ4n) is 2.69. The van der Waals surface area contributed by atoms with E-state index in [0.717, 1.165) is 17.7 Å². The predicted octanol–water partition coefficient (Wildman–Crippen LogP) is 3.10. The van der Waals surface area contributed by atoms with Gasteiger partial charge in [0.15, 0.2) is 0 Å². The first-order chi connectivity index (χ1) is 9.91. The minimum atomic E-state index is -4.06. The van der Waals surface area contributed by atoms with Gasteiger partial charge in [-0.05, 0) is 37.1 Å². The molecule has 0 radical (unpaired) electrons. The summed E-state index contributed by atoms with van der Waals surface area (Å²) in [7, 11) is -4.06. The summed E-state index contributed by atoms with van der Waals surface area (Å²) in [4.78, 5) is -0.507. The van der Waals surface area contributed by atoms with Crippen molar-refractivity contribution in [1.29, 1.82) is 0 Å². The predicted molar refractivity (Wildman–Crippen MR) is 75.6 cm³/mol. The van der Waals surface area contributed by atoms with E-state index in [9.17, 15) is 17.2 Å². The molecule has 0 spiro atoms.